The standard InChI is InChI=1S/C10H15NO2S/c1-3-11-10-8(2)5-4-6-9(10)7-14(12)13/h4-6,11H,3,7H2,1-2H3,(H,12,13)/p-1. The summed E-state index contributed by atoms with van der Waals surface area (Å²) < 4.78 is 21.2. The van der Waals surface area contributed by atoms with Gasteiger partial charge in [-0.15, -0.1) is 0 Å². The SMILES string of the molecule is CCNc1c(C)cccc1CS(=O)[O-]. The first-order valence-electron chi connectivity index (χ1n) is 4.53. The molecule has 0 saturated heterocycles. The molecule has 0 bridgehead atoms. The first kappa shape index (κ1) is 11.2. The Morgan fingerprint density at radius 2 is 2.21 bits per heavy atom. The number of hydrogen-bond donors (Lipinski definition) is 1. The summed E-state index contributed by atoms with van der Waals surface area (Å²) in [6, 6.07) is 5.67. The summed E-state index contributed by atoms with van der Waals surface area (Å²) in [4.78, 5) is 0. The molecule has 0 aromatic heterocycles. The molecule has 1 unspecified atom stereocenters. The molecular formula is C10H14NO2S-. The Morgan fingerprint density at radius 1 is 1.50 bits per heavy atom. The van der Waals surface area contributed by atoms with Crippen molar-refractivity contribution in [3.63, 3.8) is 0 Å². The first-order chi connectivity index (χ1) is 6.65. The number of aryl methyl sites for hydroxylation is 1. The van der Waals surface area contributed by atoms with E-state index in [9.17, 15) is 8.76 Å². The molecule has 1 aromatic rings. The molecule has 4 heteroatoms. The van der Waals surface area contributed by atoms with Crippen molar-refractivity contribution in [2.75, 3.05) is 11.9 Å². The van der Waals surface area contributed by atoms with Crippen LogP contribution in [0.15, 0.2) is 18.2 Å². The number of anilines is 1. The lowest BCUT2D eigenvalue weighted by atomic mass is 10.1. The quantitative estimate of drug-likeness (QED) is 0.774. The second-order valence-corrected chi connectivity index (χ2v) is 3.98. The highest BCUT2D eigenvalue weighted by Gasteiger charge is 2.03. The molecule has 1 aromatic carbocycles. The number of hydrogen-bond acceptors (Lipinski definition) is 3. The third kappa shape index (κ3) is 2.82. The minimum atomic E-state index is -2.03. The zero-order valence-corrected chi connectivity index (χ0v) is 9.19. The summed E-state index contributed by atoms with van der Waals surface area (Å²) >= 11 is -2.03. The van der Waals surface area contributed by atoms with Crippen molar-refractivity contribution in [1.82, 2.24) is 0 Å². The molecule has 0 aliphatic carbocycles. The molecule has 1 atom stereocenters. The van der Waals surface area contributed by atoms with Gasteiger partial charge in [-0.3, -0.25) is 4.21 Å². The van der Waals surface area contributed by atoms with Crippen molar-refractivity contribution in [1.29, 1.82) is 0 Å². The normalized spacial score (nSPS) is 12.5. The summed E-state index contributed by atoms with van der Waals surface area (Å²) in [6.07, 6.45) is 0. The van der Waals surface area contributed by atoms with Crippen molar-refractivity contribution in [3.8, 4) is 0 Å². The van der Waals surface area contributed by atoms with E-state index < -0.39 is 11.1 Å². The zero-order chi connectivity index (χ0) is 10.6. The van der Waals surface area contributed by atoms with Crippen LogP contribution in [0.3, 0.4) is 0 Å². The van der Waals surface area contributed by atoms with Gasteiger partial charge >= 0.3 is 0 Å². The van der Waals surface area contributed by atoms with E-state index in [1.54, 1.807) is 0 Å². The Morgan fingerprint density at radius 3 is 2.79 bits per heavy atom. The predicted octanol–water partition coefficient (Wildman–Crippen LogP) is 1.81. The second kappa shape index (κ2) is 5.12. The van der Waals surface area contributed by atoms with Gasteiger partial charge < -0.3 is 9.87 Å². The lowest BCUT2D eigenvalue weighted by molar-refractivity contribution is 0.536. The number of para-hydroxylation sites is 1. The number of benzene rings is 1. The molecule has 0 saturated carbocycles. The molecule has 0 aliphatic rings. The molecule has 1 N–H and O–H groups in total. The van der Waals surface area contributed by atoms with Crippen molar-refractivity contribution in [3.05, 3.63) is 29.3 Å². The maximum absolute atomic E-state index is 10.6. The van der Waals surface area contributed by atoms with E-state index in [4.69, 9.17) is 0 Å². The lowest BCUT2D eigenvalue weighted by Gasteiger charge is -2.14. The predicted molar refractivity (Wildman–Crippen MR) is 58.0 cm³/mol. The highest BCUT2D eigenvalue weighted by atomic mass is 32.2. The van der Waals surface area contributed by atoms with Gasteiger partial charge in [-0.2, -0.15) is 0 Å². The maximum atomic E-state index is 10.6. The maximum Gasteiger partial charge on any atom is 0.0411 e. The Balaban J connectivity index is 3.01. The van der Waals surface area contributed by atoms with Gasteiger partial charge in [0.2, 0.25) is 0 Å². The average molecular weight is 212 g/mol. The van der Waals surface area contributed by atoms with Gasteiger partial charge in [0.05, 0.1) is 0 Å². The molecule has 0 fully saturated rings. The van der Waals surface area contributed by atoms with Crippen LogP contribution in [-0.4, -0.2) is 15.3 Å². The lowest BCUT2D eigenvalue weighted by Crippen LogP contribution is -2.04. The smallest absolute Gasteiger partial charge is 0.0411 e. The molecule has 0 aliphatic heterocycles. The van der Waals surface area contributed by atoms with Crippen LogP contribution in [-0.2, 0) is 16.8 Å². The molecule has 78 valence electrons. The minimum Gasteiger partial charge on any atom is -0.772 e. The Labute approximate surface area is 86.8 Å². The van der Waals surface area contributed by atoms with Gasteiger partial charge in [-0.25, -0.2) is 0 Å². The van der Waals surface area contributed by atoms with Crippen LogP contribution in [0.5, 0.6) is 0 Å². The van der Waals surface area contributed by atoms with E-state index in [1.807, 2.05) is 32.0 Å². The van der Waals surface area contributed by atoms with E-state index in [-0.39, 0.29) is 5.75 Å². The average Bonchev–Trinajstić information content (AvgIpc) is 2.10. The summed E-state index contributed by atoms with van der Waals surface area (Å²) in [5, 5.41) is 3.18. The van der Waals surface area contributed by atoms with Crippen LogP contribution >= 0.6 is 0 Å². The minimum absolute atomic E-state index is 0.0734. The van der Waals surface area contributed by atoms with Crippen LogP contribution in [0.2, 0.25) is 0 Å². The molecular weight excluding hydrogens is 198 g/mol. The van der Waals surface area contributed by atoms with Gasteiger partial charge in [0.15, 0.2) is 0 Å². The van der Waals surface area contributed by atoms with Crippen molar-refractivity contribution in [2.24, 2.45) is 0 Å². The van der Waals surface area contributed by atoms with E-state index in [0.29, 0.717) is 0 Å². The van der Waals surface area contributed by atoms with Crippen molar-refractivity contribution in [2.45, 2.75) is 19.6 Å². The fraction of sp³-hybridized carbons (Fsp3) is 0.400. The fourth-order valence-corrected chi connectivity index (χ4v) is 1.90. The summed E-state index contributed by atoms with van der Waals surface area (Å²) in [5.74, 6) is 0.0734. The van der Waals surface area contributed by atoms with Crippen LogP contribution in [0.25, 0.3) is 0 Å². The molecule has 14 heavy (non-hydrogen) atoms. The van der Waals surface area contributed by atoms with Gasteiger partial charge in [0.1, 0.15) is 0 Å². The topological polar surface area (TPSA) is 52.2 Å². The van der Waals surface area contributed by atoms with Gasteiger partial charge in [-0.1, -0.05) is 29.3 Å². The fourth-order valence-electron chi connectivity index (χ4n) is 1.41. The highest BCUT2D eigenvalue weighted by Crippen LogP contribution is 2.21. The largest absolute Gasteiger partial charge is 0.772 e. The summed E-state index contributed by atoms with van der Waals surface area (Å²) in [7, 11) is 0. The van der Waals surface area contributed by atoms with Crippen LogP contribution < -0.4 is 5.32 Å². The van der Waals surface area contributed by atoms with Crippen molar-refractivity contribution < 1.29 is 8.76 Å². The van der Waals surface area contributed by atoms with Crippen LogP contribution in [0.4, 0.5) is 5.69 Å². The Kier molecular flexibility index (Phi) is 4.10. The highest BCUT2D eigenvalue weighted by molar-refractivity contribution is 7.78. The van der Waals surface area contributed by atoms with E-state index in [2.05, 4.69) is 5.32 Å². The van der Waals surface area contributed by atoms with Crippen LogP contribution in [0, 0.1) is 6.92 Å². The summed E-state index contributed by atoms with van der Waals surface area (Å²) in [5.41, 5.74) is 2.86. The first-order valence-corrected chi connectivity index (χ1v) is 5.77. The Hall–Kier alpha value is -0.870. The van der Waals surface area contributed by atoms with Crippen LogP contribution in [0.1, 0.15) is 18.1 Å². The molecule has 0 heterocycles. The van der Waals surface area contributed by atoms with E-state index >= 15 is 0 Å². The monoisotopic (exact) mass is 212 g/mol. The second-order valence-electron chi connectivity index (χ2n) is 3.09. The summed E-state index contributed by atoms with van der Waals surface area (Å²) in [6.45, 7) is 4.75. The third-order valence-corrected chi connectivity index (χ3v) is 2.53. The molecule has 0 spiro atoms. The molecule has 0 amide bonds. The van der Waals surface area contributed by atoms with Crippen molar-refractivity contribution >= 4 is 16.8 Å². The van der Waals surface area contributed by atoms with Gasteiger partial charge in [0, 0.05) is 18.0 Å². The Bertz CT molecular complexity index is 339. The molecule has 0 radical (unpaired) electrons. The molecule has 3 nitrogen and oxygen atoms in total. The van der Waals surface area contributed by atoms with E-state index in [0.717, 1.165) is 23.4 Å². The number of rotatable bonds is 4. The third-order valence-electron chi connectivity index (χ3n) is 1.99. The molecule has 1 rings (SSSR count). The van der Waals surface area contributed by atoms with E-state index in [1.165, 1.54) is 0 Å². The zero-order valence-electron chi connectivity index (χ0n) is 8.37. The van der Waals surface area contributed by atoms with Gasteiger partial charge in [-0.05, 0) is 25.0 Å². The number of nitrogens with one attached hydrogen (secondary N) is 1. The van der Waals surface area contributed by atoms with Gasteiger partial charge in [0.25, 0.3) is 0 Å².